The largest absolute Gasteiger partial charge is 0.497 e. The molecule has 0 unspecified atom stereocenters. The summed E-state index contributed by atoms with van der Waals surface area (Å²) in [5, 5.41) is 18.2. The zero-order chi connectivity index (χ0) is 22.8. The van der Waals surface area contributed by atoms with E-state index in [0.717, 1.165) is 27.8 Å². The molecular weight excluding hydrogens is 436 g/mol. The van der Waals surface area contributed by atoms with Gasteiger partial charge in [-0.15, -0.1) is 10.2 Å². The Morgan fingerprint density at radius 2 is 1.82 bits per heavy atom. The van der Waals surface area contributed by atoms with E-state index in [0.29, 0.717) is 22.2 Å². The van der Waals surface area contributed by atoms with Crippen LogP contribution in [0.25, 0.3) is 33.5 Å². The number of hydrogen-bond acceptors (Lipinski definition) is 7. The van der Waals surface area contributed by atoms with Crippen molar-refractivity contribution >= 4 is 28.3 Å². The van der Waals surface area contributed by atoms with Gasteiger partial charge in [0, 0.05) is 11.1 Å². The fourth-order valence-corrected chi connectivity index (χ4v) is 4.23. The molecule has 2 heterocycles. The predicted octanol–water partition coefficient (Wildman–Crippen LogP) is 4.19. The van der Waals surface area contributed by atoms with Crippen molar-refractivity contribution in [3.63, 3.8) is 0 Å². The number of ketones is 1. The molecule has 3 N–H and O–H groups in total. The van der Waals surface area contributed by atoms with Crippen molar-refractivity contribution in [3.8, 4) is 28.5 Å². The molecule has 0 radical (unpaired) electrons. The number of hydrogen-bond donors (Lipinski definition) is 2. The summed E-state index contributed by atoms with van der Waals surface area (Å²) in [5.74, 6) is 7.62. The van der Waals surface area contributed by atoms with Crippen molar-refractivity contribution in [2.45, 2.75) is 5.16 Å². The summed E-state index contributed by atoms with van der Waals surface area (Å²) >= 11 is 1.24. The second kappa shape index (κ2) is 8.79. The Morgan fingerprint density at radius 3 is 2.61 bits per heavy atom. The molecule has 9 heteroatoms. The molecule has 3 aromatic carbocycles. The molecule has 8 nitrogen and oxygen atoms in total. The summed E-state index contributed by atoms with van der Waals surface area (Å²) in [7, 11) is 1.63. The van der Waals surface area contributed by atoms with Crippen LogP contribution in [0.2, 0.25) is 0 Å². The Hall–Kier alpha value is -4.11. The second-order valence-electron chi connectivity index (χ2n) is 7.35. The van der Waals surface area contributed by atoms with Gasteiger partial charge in [-0.05, 0) is 47.2 Å². The van der Waals surface area contributed by atoms with Crippen molar-refractivity contribution < 1.29 is 9.53 Å². The molecule has 5 rings (SSSR count). The van der Waals surface area contributed by atoms with E-state index in [9.17, 15) is 4.79 Å². The minimum Gasteiger partial charge on any atom is -0.497 e. The highest BCUT2D eigenvalue weighted by Gasteiger charge is 2.17. The van der Waals surface area contributed by atoms with Crippen molar-refractivity contribution in [3.05, 3.63) is 78.4 Å². The number of carbonyl (C=O) groups excluding carboxylic acids is 1. The van der Waals surface area contributed by atoms with E-state index < -0.39 is 0 Å². The number of nitrogens with zero attached hydrogens (tertiary/aromatic N) is 4. The Bertz CT molecular complexity index is 1440. The number of carbonyl (C=O) groups is 1. The van der Waals surface area contributed by atoms with E-state index >= 15 is 0 Å². The monoisotopic (exact) mass is 456 g/mol. The van der Waals surface area contributed by atoms with Crippen LogP contribution in [-0.2, 0) is 0 Å². The minimum absolute atomic E-state index is 0.00126. The van der Waals surface area contributed by atoms with Gasteiger partial charge >= 0.3 is 0 Å². The van der Waals surface area contributed by atoms with Gasteiger partial charge in [0.2, 0.25) is 11.0 Å². The first-order chi connectivity index (χ1) is 16.1. The van der Waals surface area contributed by atoms with E-state index in [-0.39, 0.29) is 11.5 Å². The molecule has 5 aromatic rings. The first-order valence-corrected chi connectivity index (χ1v) is 11.2. The molecule has 0 bridgehead atoms. The fourth-order valence-electron chi connectivity index (χ4n) is 3.48. The maximum absolute atomic E-state index is 12.7. The maximum Gasteiger partial charge on any atom is 0.210 e. The third-order valence-corrected chi connectivity index (χ3v) is 6.22. The summed E-state index contributed by atoms with van der Waals surface area (Å²) in [6.45, 7) is 0. The summed E-state index contributed by atoms with van der Waals surface area (Å²) in [6, 6.07) is 23.1. The number of benzene rings is 3. The highest BCUT2D eigenvalue weighted by atomic mass is 32.2. The maximum atomic E-state index is 12.7. The number of nitrogens with one attached hydrogen (secondary N) is 1. The number of aromatic nitrogens is 5. The van der Waals surface area contributed by atoms with Crippen molar-refractivity contribution in [1.29, 1.82) is 0 Å². The molecular formula is C24H20N6O2S. The number of aromatic amines is 1. The standard InChI is InChI=1S/C24H20N6O2S/c1-32-19-10-8-16(9-11-19)20-13-21(27-26-20)23-28-29-24(30(23)25)33-14-22(31)18-7-6-15-4-2-3-5-17(15)12-18/h2-13H,14,25H2,1H3,(H,26,27). The zero-order valence-corrected chi connectivity index (χ0v) is 18.5. The van der Waals surface area contributed by atoms with Crippen LogP contribution in [0.4, 0.5) is 0 Å². The van der Waals surface area contributed by atoms with Gasteiger partial charge in [-0.3, -0.25) is 9.89 Å². The summed E-state index contributed by atoms with van der Waals surface area (Å²) < 4.78 is 6.56. The number of H-pyrrole nitrogens is 1. The number of fused-ring (bicyclic) bond motifs is 1. The third-order valence-electron chi connectivity index (χ3n) is 5.27. The SMILES string of the molecule is COc1ccc(-c2cc(-c3nnc(SCC(=O)c4ccc5ccccc5c4)n3N)[nH]n2)cc1. The van der Waals surface area contributed by atoms with E-state index in [1.54, 1.807) is 7.11 Å². The smallest absolute Gasteiger partial charge is 0.210 e. The summed E-state index contributed by atoms with van der Waals surface area (Å²) in [6.07, 6.45) is 0. The molecule has 33 heavy (non-hydrogen) atoms. The molecule has 2 aromatic heterocycles. The molecule has 0 aliphatic rings. The molecule has 0 saturated carbocycles. The van der Waals surface area contributed by atoms with Gasteiger partial charge < -0.3 is 10.6 Å². The molecule has 0 spiro atoms. The van der Waals surface area contributed by atoms with Crippen LogP contribution < -0.4 is 10.6 Å². The Morgan fingerprint density at radius 1 is 1.03 bits per heavy atom. The van der Waals surface area contributed by atoms with E-state index in [2.05, 4.69) is 20.4 Å². The molecule has 0 saturated heterocycles. The highest BCUT2D eigenvalue weighted by Crippen LogP contribution is 2.26. The topological polar surface area (TPSA) is 112 Å². The molecule has 164 valence electrons. The van der Waals surface area contributed by atoms with E-state index in [4.69, 9.17) is 10.6 Å². The average molecular weight is 457 g/mol. The zero-order valence-electron chi connectivity index (χ0n) is 17.7. The van der Waals surface area contributed by atoms with Crippen LogP contribution in [0.15, 0.2) is 78.0 Å². The van der Waals surface area contributed by atoms with Gasteiger partial charge in [-0.25, -0.2) is 4.68 Å². The fraction of sp³-hybridized carbons (Fsp3) is 0.0833. The molecule has 0 fully saturated rings. The van der Waals surface area contributed by atoms with Gasteiger partial charge in [-0.2, -0.15) is 5.10 Å². The van der Waals surface area contributed by atoms with Crippen LogP contribution in [0, 0.1) is 0 Å². The Labute approximate surface area is 193 Å². The lowest BCUT2D eigenvalue weighted by molar-refractivity contribution is 0.102. The van der Waals surface area contributed by atoms with Crippen LogP contribution in [-0.4, -0.2) is 43.7 Å². The minimum atomic E-state index is -0.00126. The summed E-state index contributed by atoms with van der Waals surface area (Å²) in [4.78, 5) is 12.7. The van der Waals surface area contributed by atoms with Crippen molar-refractivity contribution in [1.82, 2.24) is 25.1 Å². The van der Waals surface area contributed by atoms with E-state index in [1.807, 2.05) is 72.8 Å². The van der Waals surface area contributed by atoms with Gasteiger partial charge in [0.15, 0.2) is 5.78 Å². The number of thioether (sulfide) groups is 1. The van der Waals surface area contributed by atoms with E-state index in [1.165, 1.54) is 16.4 Å². The molecule has 0 atom stereocenters. The lowest BCUT2D eigenvalue weighted by Gasteiger charge is -2.04. The van der Waals surface area contributed by atoms with Crippen molar-refractivity contribution in [2.75, 3.05) is 18.7 Å². The van der Waals surface area contributed by atoms with Gasteiger partial charge in [0.1, 0.15) is 11.4 Å². The number of rotatable bonds is 7. The molecule has 0 amide bonds. The number of methoxy groups -OCH3 is 1. The lowest BCUT2D eigenvalue weighted by atomic mass is 10.1. The number of Topliss-reactive ketones (excluding diaryl/α,β-unsaturated/α-hetero) is 1. The first-order valence-electron chi connectivity index (χ1n) is 10.2. The van der Waals surface area contributed by atoms with Crippen LogP contribution in [0.3, 0.4) is 0 Å². The molecule has 0 aliphatic carbocycles. The van der Waals surface area contributed by atoms with Gasteiger partial charge in [0.05, 0.1) is 18.6 Å². The average Bonchev–Trinajstić information content (AvgIpc) is 3.49. The Kier molecular flexibility index (Phi) is 5.54. The number of nitrogens with two attached hydrogens (primary N) is 1. The van der Waals surface area contributed by atoms with Crippen LogP contribution in [0.5, 0.6) is 5.75 Å². The van der Waals surface area contributed by atoms with Gasteiger partial charge in [-0.1, -0.05) is 48.2 Å². The lowest BCUT2D eigenvalue weighted by Crippen LogP contribution is -2.13. The van der Waals surface area contributed by atoms with Crippen LogP contribution in [0.1, 0.15) is 10.4 Å². The normalized spacial score (nSPS) is 11.1. The molecule has 0 aliphatic heterocycles. The highest BCUT2D eigenvalue weighted by molar-refractivity contribution is 7.99. The second-order valence-corrected chi connectivity index (χ2v) is 8.29. The number of ether oxygens (including phenoxy) is 1. The number of nitrogen functional groups attached to an aromatic ring is 1. The first kappa shape index (κ1) is 20.8. The predicted molar refractivity (Wildman–Crippen MR) is 129 cm³/mol. The Balaban J connectivity index is 1.30. The van der Waals surface area contributed by atoms with Crippen molar-refractivity contribution in [2.24, 2.45) is 0 Å². The quantitative estimate of drug-likeness (QED) is 0.215. The van der Waals surface area contributed by atoms with Gasteiger partial charge in [0.25, 0.3) is 0 Å². The third kappa shape index (κ3) is 4.18. The summed E-state index contributed by atoms with van der Waals surface area (Å²) in [5.41, 5.74) is 2.96. The van der Waals surface area contributed by atoms with Crippen LogP contribution >= 0.6 is 11.8 Å².